The highest BCUT2D eigenvalue weighted by molar-refractivity contribution is 5.79. The van der Waals surface area contributed by atoms with E-state index in [-0.39, 0.29) is 17.4 Å². The highest BCUT2D eigenvalue weighted by Crippen LogP contribution is 2.14. The van der Waals surface area contributed by atoms with Gasteiger partial charge in [-0.15, -0.1) is 0 Å². The lowest BCUT2D eigenvalue weighted by Gasteiger charge is -2.22. The van der Waals surface area contributed by atoms with Crippen molar-refractivity contribution in [1.29, 1.82) is 0 Å². The average molecular weight is 303 g/mol. The molecule has 3 N–H and O–H groups in total. The molecule has 1 unspecified atom stereocenters. The lowest BCUT2D eigenvalue weighted by Crippen LogP contribution is -2.40. The molecular formula is C15H21N5O2. The third kappa shape index (κ3) is 2.76. The van der Waals surface area contributed by atoms with Crippen molar-refractivity contribution in [3.8, 4) is 0 Å². The minimum absolute atomic E-state index is 0.0393. The maximum Gasteiger partial charge on any atom is 0.266 e. The first-order chi connectivity index (χ1) is 10.6. The fraction of sp³-hybridized carbons (Fsp3) is 0.533. The summed E-state index contributed by atoms with van der Waals surface area (Å²) in [4.78, 5) is 28.1. The molecule has 7 heteroatoms. The molecule has 1 aliphatic heterocycles. The number of rotatable bonds is 3. The van der Waals surface area contributed by atoms with Crippen LogP contribution in [0, 0.1) is 19.8 Å². The zero-order chi connectivity index (χ0) is 15.7. The van der Waals surface area contributed by atoms with Gasteiger partial charge < -0.3 is 10.6 Å². The molecule has 0 saturated carbocycles. The molecule has 0 spiro atoms. The van der Waals surface area contributed by atoms with E-state index < -0.39 is 0 Å². The number of nitrogens with one attached hydrogen (secondary N) is 3. The van der Waals surface area contributed by atoms with Crippen LogP contribution in [0.4, 0.5) is 0 Å². The minimum Gasteiger partial charge on any atom is -0.352 e. The second kappa shape index (κ2) is 5.92. The Morgan fingerprint density at radius 3 is 3.05 bits per heavy atom. The molecule has 1 saturated heterocycles. The van der Waals surface area contributed by atoms with Crippen LogP contribution in [0.3, 0.4) is 0 Å². The average Bonchev–Trinajstić information content (AvgIpc) is 2.88. The van der Waals surface area contributed by atoms with Crippen LogP contribution >= 0.6 is 0 Å². The van der Waals surface area contributed by atoms with Crippen molar-refractivity contribution in [1.82, 2.24) is 25.2 Å². The molecule has 1 fully saturated rings. The normalized spacial score (nSPS) is 18.5. The van der Waals surface area contributed by atoms with Crippen LogP contribution in [0.5, 0.6) is 0 Å². The number of fused-ring (bicyclic) bond motifs is 1. The summed E-state index contributed by atoms with van der Waals surface area (Å²) in [5.41, 5.74) is 3.10. The van der Waals surface area contributed by atoms with Crippen molar-refractivity contribution in [2.45, 2.75) is 33.2 Å². The summed E-state index contributed by atoms with van der Waals surface area (Å²) in [6.45, 7) is 5.97. The van der Waals surface area contributed by atoms with Crippen LogP contribution in [0.25, 0.3) is 5.65 Å². The molecule has 1 aliphatic rings. The highest BCUT2D eigenvalue weighted by atomic mass is 16.2. The Kier molecular flexibility index (Phi) is 3.98. The Morgan fingerprint density at radius 1 is 1.50 bits per heavy atom. The summed E-state index contributed by atoms with van der Waals surface area (Å²) in [7, 11) is 0. The lowest BCUT2D eigenvalue weighted by molar-refractivity contribution is -0.125. The number of piperidine rings is 1. The maximum absolute atomic E-state index is 12.2. The van der Waals surface area contributed by atoms with Crippen molar-refractivity contribution in [3.63, 3.8) is 0 Å². The highest BCUT2D eigenvalue weighted by Gasteiger charge is 2.21. The van der Waals surface area contributed by atoms with Crippen LogP contribution in [-0.2, 0) is 11.3 Å². The molecule has 0 bridgehead atoms. The topological polar surface area (TPSA) is 91.3 Å². The molecule has 3 rings (SSSR count). The van der Waals surface area contributed by atoms with E-state index in [0.29, 0.717) is 12.2 Å². The van der Waals surface area contributed by atoms with Crippen LogP contribution in [0.2, 0.25) is 0 Å². The molecule has 118 valence electrons. The second-order valence-corrected chi connectivity index (χ2v) is 5.84. The Labute approximate surface area is 128 Å². The van der Waals surface area contributed by atoms with Crippen LogP contribution in [0.1, 0.15) is 29.8 Å². The van der Waals surface area contributed by atoms with E-state index in [1.807, 2.05) is 13.8 Å². The van der Waals surface area contributed by atoms with Crippen LogP contribution in [0.15, 0.2) is 10.9 Å². The predicted molar refractivity (Wildman–Crippen MR) is 82.7 cm³/mol. The van der Waals surface area contributed by atoms with Gasteiger partial charge in [-0.25, -0.2) is 9.50 Å². The maximum atomic E-state index is 12.2. The lowest BCUT2D eigenvalue weighted by atomic mass is 9.98. The van der Waals surface area contributed by atoms with Crippen molar-refractivity contribution in [2.24, 2.45) is 5.92 Å². The Balaban J connectivity index is 1.78. The van der Waals surface area contributed by atoms with E-state index in [2.05, 4.69) is 20.7 Å². The van der Waals surface area contributed by atoms with Gasteiger partial charge in [0.25, 0.3) is 5.56 Å². The van der Waals surface area contributed by atoms with Gasteiger partial charge in [0.15, 0.2) is 5.65 Å². The number of hydrogen-bond donors (Lipinski definition) is 3. The van der Waals surface area contributed by atoms with E-state index in [1.165, 1.54) is 6.07 Å². The largest absolute Gasteiger partial charge is 0.352 e. The number of H-pyrrole nitrogens is 1. The summed E-state index contributed by atoms with van der Waals surface area (Å²) in [5, 5.41) is 8.97. The first-order valence-corrected chi connectivity index (χ1v) is 7.62. The fourth-order valence-electron chi connectivity index (χ4n) is 3.01. The minimum atomic E-state index is -0.176. The second-order valence-electron chi connectivity index (χ2n) is 5.84. The van der Waals surface area contributed by atoms with E-state index in [0.717, 1.165) is 42.9 Å². The molecule has 22 heavy (non-hydrogen) atoms. The van der Waals surface area contributed by atoms with Crippen molar-refractivity contribution in [3.05, 3.63) is 33.4 Å². The van der Waals surface area contributed by atoms with E-state index in [4.69, 9.17) is 0 Å². The van der Waals surface area contributed by atoms with Crippen molar-refractivity contribution < 1.29 is 4.79 Å². The fourth-order valence-corrected chi connectivity index (χ4v) is 3.01. The zero-order valence-corrected chi connectivity index (χ0v) is 12.9. The van der Waals surface area contributed by atoms with E-state index in [1.54, 1.807) is 4.52 Å². The van der Waals surface area contributed by atoms with Crippen LogP contribution in [-0.4, -0.2) is 33.6 Å². The standard InChI is InChI=1S/C15H21N5O2/c1-9-12(8-17-15(22)11-4-3-5-16-7-11)10(2)20-13(18-9)6-14(21)19-20/h6,11,16H,3-5,7-8H2,1-2H3,(H,17,22)(H,19,21). The number of aryl methyl sites for hydroxylation is 2. The monoisotopic (exact) mass is 303 g/mol. The van der Waals surface area contributed by atoms with Gasteiger partial charge in [-0.1, -0.05) is 0 Å². The smallest absolute Gasteiger partial charge is 0.266 e. The van der Waals surface area contributed by atoms with Crippen LogP contribution < -0.4 is 16.2 Å². The van der Waals surface area contributed by atoms with Gasteiger partial charge in [-0.2, -0.15) is 0 Å². The summed E-state index contributed by atoms with van der Waals surface area (Å²) in [6, 6.07) is 1.47. The number of carbonyl (C=O) groups excluding carboxylic acids is 1. The first-order valence-electron chi connectivity index (χ1n) is 7.62. The Morgan fingerprint density at radius 2 is 2.32 bits per heavy atom. The molecule has 1 atom stereocenters. The van der Waals surface area contributed by atoms with Gasteiger partial charge in [-0.05, 0) is 33.2 Å². The molecule has 3 heterocycles. The van der Waals surface area contributed by atoms with Gasteiger partial charge in [-0.3, -0.25) is 14.7 Å². The third-order valence-electron chi connectivity index (χ3n) is 4.31. The zero-order valence-electron chi connectivity index (χ0n) is 12.9. The number of nitrogens with zero attached hydrogens (tertiary/aromatic N) is 2. The summed E-state index contributed by atoms with van der Waals surface area (Å²) in [6.07, 6.45) is 1.97. The van der Waals surface area contributed by atoms with E-state index in [9.17, 15) is 9.59 Å². The van der Waals surface area contributed by atoms with Gasteiger partial charge >= 0.3 is 0 Å². The summed E-state index contributed by atoms with van der Waals surface area (Å²) in [5.74, 6) is 0.115. The molecule has 0 aliphatic carbocycles. The summed E-state index contributed by atoms with van der Waals surface area (Å²) >= 11 is 0. The number of hydrogen-bond acceptors (Lipinski definition) is 4. The number of carbonyl (C=O) groups is 1. The summed E-state index contributed by atoms with van der Waals surface area (Å²) < 4.78 is 1.67. The van der Waals surface area contributed by atoms with Gasteiger partial charge in [0.1, 0.15) is 0 Å². The molecule has 0 aromatic carbocycles. The van der Waals surface area contributed by atoms with Gasteiger partial charge in [0.2, 0.25) is 5.91 Å². The van der Waals surface area contributed by atoms with Crippen molar-refractivity contribution >= 4 is 11.6 Å². The molecule has 1 amide bonds. The Hall–Kier alpha value is -2.15. The Bertz CT molecular complexity index is 755. The molecule has 2 aromatic rings. The van der Waals surface area contributed by atoms with Gasteiger partial charge in [0.05, 0.1) is 5.92 Å². The van der Waals surface area contributed by atoms with Crippen molar-refractivity contribution in [2.75, 3.05) is 13.1 Å². The number of aromatic nitrogens is 3. The molecule has 0 radical (unpaired) electrons. The molecule has 2 aromatic heterocycles. The quantitative estimate of drug-likeness (QED) is 0.758. The predicted octanol–water partition coefficient (Wildman–Crippen LogP) is 0.255. The first kappa shape index (κ1) is 14.8. The number of amides is 1. The van der Waals surface area contributed by atoms with Gasteiger partial charge in [0, 0.05) is 36.1 Å². The SMILES string of the molecule is Cc1nc2cc(=O)[nH]n2c(C)c1CNC(=O)C1CCCNC1. The molecule has 7 nitrogen and oxygen atoms in total. The molecular weight excluding hydrogens is 282 g/mol. The van der Waals surface area contributed by atoms with E-state index >= 15 is 0 Å². The number of aromatic amines is 1. The third-order valence-corrected chi connectivity index (χ3v) is 4.31.